The predicted molar refractivity (Wildman–Crippen MR) is 103 cm³/mol. The lowest BCUT2D eigenvalue weighted by Crippen LogP contribution is -2.49. The minimum absolute atomic E-state index is 0.252. The smallest absolute Gasteiger partial charge is 0.138 e. The third-order valence-electron chi connectivity index (χ3n) is 4.51. The number of aliphatic hydroxyl groups is 1. The van der Waals surface area contributed by atoms with E-state index in [9.17, 15) is 5.11 Å². The Morgan fingerprint density at radius 1 is 1.04 bits per heavy atom. The first-order valence-electron chi connectivity index (χ1n) is 8.71. The lowest BCUT2D eigenvalue weighted by Gasteiger charge is -2.36. The fraction of sp³-hybridized carbons (Fsp3) is 0.400. The van der Waals surface area contributed by atoms with Crippen LogP contribution >= 0.6 is 11.6 Å². The number of halogens is 1. The molecule has 2 aromatic carbocycles. The van der Waals surface area contributed by atoms with Gasteiger partial charge in [-0.2, -0.15) is 0 Å². The quantitative estimate of drug-likeness (QED) is 0.858. The Labute approximate surface area is 154 Å². The van der Waals surface area contributed by atoms with E-state index < -0.39 is 6.10 Å². The van der Waals surface area contributed by atoms with Crippen LogP contribution in [-0.2, 0) is 0 Å². The van der Waals surface area contributed by atoms with E-state index in [4.69, 9.17) is 16.3 Å². The average molecular weight is 361 g/mol. The summed E-state index contributed by atoms with van der Waals surface area (Å²) in [5.41, 5.74) is 2.55. The molecular formula is C20H25ClN2O2. The third-order valence-corrected chi connectivity index (χ3v) is 4.82. The molecule has 0 unspecified atom stereocenters. The van der Waals surface area contributed by atoms with Gasteiger partial charge in [-0.05, 0) is 31.2 Å². The summed E-state index contributed by atoms with van der Waals surface area (Å²) in [7, 11) is 0. The Bertz CT molecular complexity index is 670. The van der Waals surface area contributed by atoms with Gasteiger partial charge in [0.2, 0.25) is 0 Å². The monoisotopic (exact) mass is 360 g/mol. The van der Waals surface area contributed by atoms with Crippen molar-refractivity contribution < 1.29 is 9.84 Å². The summed E-state index contributed by atoms with van der Waals surface area (Å²) >= 11 is 6.06. The number of ether oxygens (including phenoxy) is 1. The molecule has 1 atom stereocenters. The minimum Gasteiger partial charge on any atom is -0.489 e. The van der Waals surface area contributed by atoms with Crippen LogP contribution in [0.4, 0.5) is 5.69 Å². The molecule has 3 rings (SSSR count). The van der Waals surface area contributed by atoms with Gasteiger partial charge >= 0.3 is 0 Å². The van der Waals surface area contributed by atoms with Crippen LogP contribution < -0.4 is 9.64 Å². The van der Waals surface area contributed by atoms with Crippen molar-refractivity contribution in [2.24, 2.45) is 0 Å². The number of hydrogen-bond acceptors (Lipinski definition) is 4. The van der Waals surface area contributed by atoms with Crippen molar-refractivity contribution in [2.75, 3.05) is 44.2 Å². The van der Waals surface area contributed by atoms with Crippen molar-refractivity contribution in [2.45, 2.75) is 13.0 Å². The fourth-order valence-corrected chi connectivity index (χ4v) is 3.23. The minimum atomic E-state index is -0.526. The lowest BCUT2D eigenvalue weighted by atomic mass is 10.2. The van der Waals surface area contributed by atoms with E-state index in [-0.39, 0.29) is 6.61 Å². The number of rotatable bonds is 6. The molecule has 2 aromatic rings. The number of para-hydroxylation sites is 1. The highest BCUT2D eigenvalue weighted by Gasteiger charge is 2.19. The van der Waals surface area contributed by atoms with Gasteiger partial charge in [0.05, 0.1) is 5.02 Å². The molecule has 0 radical (unpaired) electrons. The summed E-state index contributed by atoms with van der Waals surface area (Å²) in [5.74, 6) is 0.618. The molecule has 1 fully saturated rings. The third kappa shape index (κ3) is 5.11. The zero-order valence-corrected chi connectivity index (χ0v) is 15.3. The van der Waals surface area contributed by atoms with Crippen LogP contribution in [-0.4, -0.2) is 55.4 Å². The van der Waals surface area contributed by atoms with Gasteiger partial charge in [-0.3, -0.25) is 4.90 Å². The van der Waals surface area contributed by atoms with E-state index in [1.807, 2.05) is 18.2 Å². The highest BCUT2D eigenvalue weighted by Crippen LogP contribution is 2.23. The first-order valence-corrected chi connectivity index (χ1v) is 9.09. The molecule has 0 amide bonds. The van der Waals surface area contributed by atoms with E-state index >= 15 is 0 Å². The fourth-order valence-electron chi connectivity index (χ4n) is 3.04. The molecule has 25 heavy (non-hydrogen) atoms. The Hall–Kier alpha value is -1.75. The van der Waals surface area contributed by atoms with Gasteiger partial charge in [-0.25, -0.2) is 0 Å². The Kier molecular flexibility index (Phi) is 6.19. The molecule has 0 aromatic heterocycles. The second-order valence-corrected chi connectivity index (χ2v) is 6.93. The first-order chi connectivity index (χ1) is 12.1. The number of piperazine rings is 1. The van der Waals surface area contributed by atoms with Crippen molar-refractivity contribution in [3.63, 3.8) is 0 Å². The van der Waals surface area contributed by atoms with E-state index in [2.05, 4.69) is 41.0 Å². The maximum atomic E-state index is 10.2. The molecular weight excluding hydrogens is 336 g/mol. The molecule has 1 heterocycles. The van der Waals surface area contributed by atoms with Gasteiger partial charge in [-0.1, -0.05) is 41.4 Å². The van der Waals surface area contributed by atoms with Crippen LogP contribution in [0.25, 0.3) is 0 Å². The van der Waals surface area contributed by atoms with Crippen molar-refractivity contribution in [3.05, 3.63) is 59.1 Å². The van der Waals surface area contributed by atoms with Crippen molar-refractivity contribution in [1.82, 2.24) is 4.90 Å². The average Bonchev–Trinajstić information content (AvgIpc) is 2.62. The van der Waals surface area contributed by atoms with Crippen LogP contribution in [0.2, 0.25) is 5.02 Å². The number of aryl methyl sites for hydroxylation is 1. The number of anilines is 1. The lowest BCUT2D eigenvalue weighted by molar-refractivity contribution is 0.0663. The molecule has 134 valence electrons. The number of benzene rings is 2. The Morgan fingerprint density at radius 2 is 1.72 bits per heavy atom. The molecule has 1 aliphatic rings. The topological polar surface area (TPSA) is 35.9 Å². The molecule has 0 bridgehead atoms. The van der Waals surface area contributed by atoms with Crippen molar-refractivity contribution in [3.8, 4) is 5.75 Å². The number of β-amino-alcohol motifs (C(OH)–C–C–N with tert-alkyl or cyclic N) is 1. The highest BCUT2D eigenvalue weighted by molar-refractivity contribution is 6.32. The standard InChI is InChI=1S/C20H25ClN2O2/c1-16-6-8-17(9-7-16)23-12-10-22(11-13-23)14-18(24)15-25-20-5-3-2-4-19(20)21/h2-9,18,24H,10-15H2,1H3/t18-/m0/s1. The molecule has 1 aliphatic heterocycles. The molecule has 0 spiro atoms. The van der Waals surface area contributed by atoms with E-state index in [0.717, 1.165) is 26.2 Å². The molecule has 4 nitrogen and oxygen atoms in total. The summed E-state index contributed by atoms with van der Waals surface area (Å²) in [4.78, 5) is 4.67. The maximum absolute atomic E-state index is 10.2. The summed E-state index contributed by atoms with van der Waals surface area (Å²) in [6.45, 7) is 6.80. The van der Waals surface area contributed by atoms with Gasteiger partial charge in [0.15, 0.2) is 0 Å². The SMILES string of the molecule is Cc1ccc(N2CCN(C[C@H](O)COc3ccccc3Cl)CC2)cc1. The summed E-state index contributed by atoms with van der Waals surface area (Å²) in [6.07, 6.45) is -0.526. The van der Waals surface area contributed by atoms with Crippen LogP contribution in [0.1, 0.15) is 5.56 Å². The Morgan fingerprint density at radius 3 is 2.40 bits per heavy atom. The van der Waals surface area contributed by atoms with E-state index in [1.54, 1.807) is 6.07 Å². The van der Waals surface area contributed by atoms with Crippen LogP contribution in [0.15, 0.2) is 48.5 Å². The molecule has 0 saturated carbocycles. The van der Waals surface area contributed by atoms with E-state index in [0.29, 0.717) is 17.3 Å². The zero-order chi connectivity index (χ0) is 17.6. The maximum Gasteiger partial charge on any atom is 0.138 e. The number of aliphatic hydroxyl groups excluding tert-OH is 1. The molecule has 5 heteroatoms. The van der Waals surface area contributed by atoms with E-state index in [1.165, 1.54) is 11.3 Å². The van der Waals surface area contributed by atoms with Crippen LogP contribution in [0.5, 0.6) is 5.75 Å². The summed E-state index contributed by atoms with van der Waals surface area (Å²) < 4.78 is 5.62. The van der Waals surface area contributed by atoms with Gasteiger partial charge in [-0.15, -0.1) is 0 Å². The zero-order valence-electron chi connectivity index (χ0n) is 14.6. The second-order valence-electron chi connectivity index (χ2n) is 6.52. The Balaban J connectivity index is 1.42. The summed E-state index contributed by atoms with van der Waals surface area (Å²) in [6, 6.07) is 16.0. The van der Waals surface area contributed by atoms with Crippen molar-refractivity contribution in [1.29, 1.82) is 0 Å². The van der Waals surface area contributed by atoms with Crippen molar-refractivity contribution >= 4 is 17.3 Å². The largest absolute Gasteiger partial charge is 0.489 e. The normalized spacial score (nSPS) is 16.7. The van der Waals surface area contributed by atoms with Gasteiger partial charge in [0.1, 0.15) is 18.5 Å². The molecule has 1 saturated heterocycles. The van der Waals surface area contributed by atoms with Gasteiger partial charge in [0, 0.05) is 38.4 Å². The number of nitrogens with zero attached hydrogens (tertiary/aromatic N) is 2. The summed E-state index contributed by atoms with van der Waals surface area (Å²) in [5, 5.41) is 10.8. The van der Waals surface area contributed by atoms with Gasteiger partial charge in [0.25, 0.3) is 0 Å². The molecule has 1 N–H and O–H groups in total. The highest BCUT2D eigenvalue weighted by atomic mass is 35.5. The van der Waals surface area contributed by atoms with Gasteiger partial charge < -0.3 is 14.7 Å². The predicted octanol–water partition coefficient (Wildman–Crippen LogP) is 3.21. The van der Waals surface area contributed by atoms with Crippen LogP contribution in [0, 0.1) is 6.92 Å². The number of hydrogen-bond donors (Lipinski definition) is 1. The van der Waals surface area contributed by atoms with Crippen LogP contribution in [0.3, 0.4) is 0 Å². The second kappa shape index (κ2) is 8.56. The first kappa shape index (κ1) is 18.1. The molecule has 0 aliphatic carbocycles.